The second-order valence-corrected chi connectivity index (χ2v) is 5.02. The third kappa shape index (κ3) is 1540000. The Hall–Kier alpha value is 0.201. The molecule has 0 unspecified atom stereocenters. The fourth-order valence-corrected chi connectivity index (χ4v) is 0. The van der Waals surface area contributed by atoms with E-state index in [2.05, 4.69) is 0 Å². The monoisotopic (exact) mass is 902 g/mol. The Morgan fingerprint density at radius 1 is 0.262 bits per heavy atom. The molecule has 0 atom stereocenters. The number of hydrogen-bond acceptors (Lipinski definition) is 14. The Labute approximate surface area is 264 Å². The van der Waals surface area contributed by atoms with Gasteiger partial charge in [0.25, 0.3) is 0 Å². The van der Waals surface area contributed by atoms with E-state index in [0.717, 1.165) is 0 Å². The summed E-state index contributed by atoms with van der Waals surface area (Å²) < 4.78 is 134. The summed E-state index contributed by atoms with van der Waals surface area (Å²) in [5, 5.41) is 0. The Balaban J connectivity index is -0.00000000288. The van der Waals surface area contributed by atoms with Crippen LogP contribution in [0, 0.1) is 0 Å². The topological polar surface area (TPSA) is 914 Å². The maximum atomic E-state index is 8.74. The van der Waals surface area contributed by atoms with Gasteiger partial charge in [0, 0.05) is 31.2 Å². The smallest absolute Gasteiger partial charge is 0.759 e. The molecular formula is H40Ni3O35S4. The summed E-state index contributed by atoms with van der Waals surface area (Å²) in [6, 6.07) is 0. The van der Waals surface area contributed by atoms with E-state index in [0.29, 0.717) is 0 Å². The molecule has 304 valence electrons. The van der Waals surface area contributed by atoms with Crippen molar-refractivity contribution in [2.45, 2.75) is 0 Å². The Morgan fingerprint density at radius 2 is 0.262 bits per heavy atom. The van der Waals surface area contributed by atoms with Gasteiger partial charge in [0.2, 0.25) is 0 Å². The van der Waals surface area contributed by atoms with Crippen molar-refractivity contribution < 1.29 is 224 Å². The van der Waals surface area contributed by atoms with Crippen LogP contribution in [0.3, 0.4) is 0 Å². The first-order valence-electron chi connectivity index (χ1n) is 2.70. The van der Waals surface area contributed by atoms with E-state index in [4.69, 9.17) is 70.1 Å². The molecule has 0 aliphatic heterocycles. The van der Waals surface area contributed by atoms with Gasteiger partial charge >= 0.3 is 59.9 Å². The van der Waals surface area contributed by atoms with Gasteiger partial charge in [0.1, 0.15) is 0 Å². The molecule has 0 saturated carbocycles. The Kier molecular flexibility index (Phi) is 739. The summed E-state index contributed by atoms with van der Waals surface area (Å²) in [4.78, 5) is 0. The average Bonchev–Trinajstić information content (AvgIpc) is 1.62. The quantitative estimate of drug-likeness (QED) is 0.129. The molecule has 0 bridgehead atoms. The fraction of sp³-hybridized carbons (Fsp3) is 0. The zero-order chi connectivity index (χ0) is 18.0. The fourth-order valence-electron chi connectivity index (χ4n) is 0. The largest absolute Gasteiger partial charge is 2.00 e. The van der Waals surface area contributed by atoms with Crippen molar-refractivity contribution in [3.63, 3.8) is 0 Å². The van der Waals surface area contributed by atoms with Crippen LogP contribution in [-0.4, -0.2) is 174 Å². The molecule has 0 radical (unpaired) electrons. The molecule has 0 aliphatic rings. The van der Waals surface area contributed by atoms with Crippen LogP contribution in [0.15, 0.2) is 0 Å². The van der Waals surface area contributed by atoms with Crippen LogP contribution >= 0.6 is 0 Å². The summed E-state index contributed by atoms with van der Waals surface area (Å²) in [5.74, 6) is 0. The van der Waals surface area contributed by atoms with E-state index < -0.39 is 41.6 Å². The molecule has 0 heterocycles. The Morgan fingerprint density at radius 3 is 0.262 bits per heavy atom. The molecule has 0 fully saturated rings. The molecule has 0 aromatic rings. The van der Waals surface area contributed by atoms with Crippen molar-refractivity contribution in [2.75, 3.05) is 0 Å². The second-order valence-electron chi connectivity index (χ2n) is 1.67. The van der Waals surface area contributed by atoms with Gasteiger partial charge in [-0.25, -0.2) is 0 Å². The normalized spacial score (nSPS) is 5.52. The van der Waals surface area contributed by atoms with Crippen molar-refractivity contribution in [1.82, 2.24) is 0 Å². The van der Waals surface area contributed by atoms with Crippen LogP contribution in [0.2, 0.25) is 0 Å². The minimum atomic E-state index is -5.17. The van der Waals surface area contributed by atoms with E-state index in [9.17, 15) is 0 Å². The van der Waals surface area contributed by atoms with E-state index in [-0.39, 0.29) is 154 Å². The SMILES string of the molecule is O.O.O.O.O.O.O.O.O.O.O.O.O.O.O.O.O.O.O.O=S(=O)(O)O.O=S(=O)([O-])[O-].O=S(=O)([O-])[O-].O=S(=O)([O-])[O-].[Ni+2].[Ni+2].[Ni+2]. The molecular weight excluding hydrogens is 864 g/mol. The zero-order valence-electron chi connectivity index (χ0n) is 18.7. The van der Waals surface area contributed by atoms with Crippen LogP contribution in [-0.2, 0) is 91.1 Å². The van der Waals surface area contributed by atoms with Crippen LogP contribution in [0.4, 0.5) is 0 Å². The molecule has 0 aliphatic carbocycles. The predicted molar refractivity (Wildman–Crippen MR) is 114 cm³/mol. The van der Waals surface area contributed by atoms with Gasteiger partial charge in [-0.15, -0.1) is 0 Å². The minimum Gasteiger partial charge on any atom is -0.759 e. The molecule has 0 spiro atoms. The summed E-state index contributed by atoms with van der Waals surface area (Å²) in [6.45, 7) is 0. The van der Waals surface area contributed by atoms with Gasteiger partial charge in [0.15, 0.2) is 0 Å². The average molecular weight is 905 g/mol. The van der Waals surface area contributed by atoms with Crippen molar-refractivity contribution in [3.8, 4) is 0 Å². The summed E-state index contributed by atoms with van der Waals surface area (Å²) in [7, 11) is -20.2. The predicted octanol–water partition coefficient (Wildman–Crippen LogP) is -20.3. The second kappa shape index (κ2) is 114. The van der Waals surface area contributed by atoms with Gasteiger partial charge in [-0.3, -0.25) is 34.4 Å². The van der Waals surface area contributed by atoms with Gasteiger partial charge < -0.3 is 131 Å². The van der Waals surface area contributed by atoms with Crippen LogP contribution < -0.4 is 0 Å². The summed E-state index contributed by atoms with van der Waals surface area (Å²) in [6.07, 6.45) is 0. The van der Waals surface area contributed by atoms with Gasteiger partial charge in [-0.1, -0.05) is 0 Å². The van der Waals surface area contributed by atoms with E-state index >= 15 is 0 Å². The summed E-state index contributed by atoms with van der Waals surface area (Å²) in [5.41, 5.74) is 0. The van der Waals surface area contributed by atoms with Crippen LogP contribution in [0.25, 0.3) is 0 Å². The maximum absolute atomic E-state index is 8.74. The maximum Gasteiger partial charge on any atom is 2.00 e. The molecule has 35 nitrogen and oxygen atoms in total. The first-order chi connectivity index (χ1) is 8.00. The van der Waals surface area contributed by atoms with E-state index in [1.165, 1.54) is 0 Å². The van der Waals surface area contributed by atoms with Crippen LogP contribution in [0.1, 0.15) is 0 Å². The van der Waals surface area contributed by atoms with E-state index in [1.807, 2.05) is 0 Å². The molecule has 40 N–H and O–H groups in total. The molecule has 42 heavy (non-hydrogen) atoms. The minimum absolute atomic E-state index is 0. The third-order valence-electron chi connectivity index (χ3n) is 0. The molecule has 42 heteroatoms. The number of rotatable bonds is 0. The number of hydrogen-bond donors (Lipinski definition) is 2. The van der Waals surface area contributed by atoms with Gasteiger partial charge in [0.05, 0.1) is 0 Å². The molecule has 0 rings (SSSR count). The molecule has 0 aromatic heterocycles. The molecule has 0 aromatic carbocycles. The standard InChI is InChI=1S/3Ni.4H2O4S.19H2O/c;;;4*1-5(2,3)4;;;;;;;;;;;;;;;;;;;/h;;;4*(H2,1,2,3,4);19*1H2/q3*+2;;;;;;;;;;;;;;;;;;;;;;;/p-6. The summed E-state index contributed by atoms with van der Waals surface area (Å²) >= 11 is 0. The van der Waals surface area contributed by atoms with Crippen molar-refractivity contribution in [3.05, 3.63) is 0 Å². The van der Waals surface area contributed by atoms with Crippen molar-refractivity contribution >= 4 is 41.6 Å². The molecule has 0 amide bonds. The Bertz CT molecular complexity index is 487. The first-order valence-corrected chi connectivity index (χ1v) is 8.10. The van der Waals surface area contributed by atoms with E-state index in [1.54, 1.807) is 0 Å². The van der Waals surface area contributed by atoms with Crippen molar-refractivity contribution in [1.29, 1.82) is 0 Å². The van der Waals surface area contributed by atoms with Gasteiger partial charge in [-0.05, 0) is 0 Å². The zero-order valence-corrected chi connectivity index (χ0v) is 24.9. The molecule has 0 saturated heterocycles. The third-order valence-corrected chi connectivity index (χ3v) is 0. The first kappa shape index (κ1) is 273. The van der Waals surface area contributed by atoms with Crippen LogP contribution in [0.5, 0.6) is 0 Å². The van der Waals surface area contributed by atoms with Crippen molar-refractivity contribution in [2.24, 2.45) is 0 Å². The van der Waals surface area contributed by atoms with Gasteiger partial charge in [-0.2, -0.15) is 8.42 Å².